The van der Waals surface area contributed by atoms with E-state index in [1.807, 2.05) is 5.92 Å². The Balaban J connectivity index is 1.67. The Bertz CT molecular complexity index is 392. The van der Waals surface area contributed by atoms with Crippen molar-refractivity contribution in [2.75, 3.05) is 0 Å². The van der Waals surface area contributed by atoms with E-state index in [9.17, 15) is 9.59 Å². The maximum absolute atomic E-state index is 11.7. The molecule has 2 rings (SSSR count). The van der Waals surface area contributed by atoms with Crippen LogP contribution in [0.15, 0.2) is 11.6 Å². The van der Waals surface area contributed by atoms with Gasteiger partial charge >= 0.3 is 0 Å². The molecule has 0 aliphatic heterocycles. The van der Waals surface area contributed by atoms with E-state index in [4.69, 9.17) is 6.42 Å². The lowest BCUT2D eigenvalue weighted by Crippen LogP contribution is -2.04. The van der Waals surface area contributed by atoms with E-state index in [0.717, 1.165) is 17.9 Å². The summed E-state index contributed by atoms with van der Waals surface area (Å²) in [7, 11) is 0. The van der Waals surface area contributed by atoms with Gasteiger partial charge in [-0.3, -0.25) is 9.59 Å². The van der Waals surface area contributed by atoms with Crippen molar-refractivity contribution in [1.29, 1.82) is 0 Å². The van der Waals surface area contributed by atoms with Crippen molar-refractivity contribution >= 4 is 11.6 Å². The van der Waals surface area contributed by atoms with Crippen LogP contribution in [-0.4, -0.2) is 11.6 Å². The molecule has 1 saturated carbocycles. The minimum atomic E-state index is -0.271. The average Bonchev–Trinajstić information content (AvgIpc) is 2.90. The fraction of sp³-hybridized carbons (Fsp3) is 0.600. The molecule has 0 radical (unpaired) electrons. The summed E-state index contributed by atoms with van der Waals surface area (Å²) < 4.78 is 0. The van der Waals surface area contributed by atoms with Gasteiger partial charge in [0.2, 0.25) is 5.78 Å². The van der Waals surface area contributed by atoms with Crippen LogP contribution >= 0.6 is 0 Å². The number of hydrogen-bond acceptors (Lipinski definition) is 2. The molecule has 17 heavy (non-hydrogen) atoms. The largest absolute Gasteiger partial charge is 0.295 e. The van der Waals surface area contributed by atoms with E-state index in [1.165, 1.54) is 25.7 Å². The normalized spacial score (nSPS) is 23.0. The number of allylic oxidation sites excluding steroid dienone is 2. The molecular weight excluding hydrogens is 212 g/mol. The number of terminal acetylenes is 1. The van der Waals surface area contributed by atoms with Gasteiger partial charge in [-0.1, -0.05) is 31.8 Å². The topological polar surface area (TPSA) is 34.1 Å². The molecule has 0 N–H and O–H groups in total. The second-order valence-corrected chi connectivity index (χ2v) is 5.11. The molecule has 0 aromatic carbocycles. The summed E-state index contributed by atoms with van der Waals surface area (Å²) in [4.78, 5) is 22.6. The first kappa shape index (κ1) is 12.1. The van der Waals surface area contributed by atoms with E-state index >= 15 is 0 Å². The van der Waals surface area contributed by atoms with E-state index < -0.39 is 0 Å². The molecule has 0 bridgehead atoms. The van der Waals surface area contributed by atoms with Crippen molar-refractivity contribution in [3.63, 3.8) is 0 Å². The number of carbonyl (C=O) groups is 2. The third-order valence-electron chi connectivity index (χ3n) is 3.80. The molecular formula is C15H18O2. The summed E-state index contributed by atoms with van der Waals surface area (Å²) in [6.45, 7) is 0. The average molecular weight is 230 g/mol. The van der Waals surface area contributed by atoms with Gasteiger partial charge < -0.3 is 0 Å². The number of carbonyl (C=O) groups excluding carboxylic acids is 2. The van der Waals surface area contributed by atoms with Gasteiger partial charge in [0.15, 0.2) is 5.78 Å². The Hall–Kier alpha value is -1.36. The van der Waals surface area contributed by atoms with Crippen molar-refractivity contribution in [3.05, 3.63) is 11.6 Å². The smallest absolute Gasteiger partial charge is 0.205 e. The highest BCUT2D eigenvalue weighted by atomic mass is 16.1. The van der Waals surface area contributed by atoms with Gasteiger partial charge in [-0.15, -0.1) is 6.42 Å². The molecule has 0 aromatic rings. The zero-order valence-corrected chi connectivity index (χ0v) is 10.1. The van der Waals surface area contributed by atoms with Crippen molar-refractivity contribution in [1.82, 2.24) is 0 Å². The molecule has 90 valence electrons. The Morgan fingerprint density at radius 3 is 2.65 bits per heavy atom. The molecule has 0 saturated heterocycles. The van der Waals surface area contributed by atoms with Gasteiger partial charge in [0.05, 0.1) is 0 Å². The highest BCUT2D eigenvalue weighted by molar-refractivity contribution is 6.03. The van der Waals surface area contributed by atoms with Gasteiger partial charge in [0, 0.05) is 18.8 Å². The summed E-state index contributed by atoms with van der Waals surface area (Å²) in [5, 5.41) is 0. The summed E-state index contributed by atoms with van der Waals surface area (Å²) in [6, 6.07) is 0. The lowest BCUT2D eigenvalue weighted by atomic mass is 9.97. The van der Waals surface area contributed by atoms with Crippen molar-refractivity contribution in [3.8, 4) is 12.3 Å². The first-order chi connectivity index (χ1) is 8.20. The summed E-state index contributed by atoms with van der Waals surface area (Å²) in [5.41, 5.74) is 0.946. The van der Waals surface area contributed by atoms with E-state index in [2.05, 4.69) is 6.08 Å². The second kappa shape index (κ2) is 5.31. The first-order valence-electron chi connectivity index (χ1n) is 6.45. The van der Waals surface area contributed by atoms with Crippen LogP contribution in [-0.2, 0) is 9.59 Å². The Kier molecular flexibility index (Phi) is 3.78. The molecule has 1 unspecified atom stereocenters. The maximum atomic E-state index is 11.7. The second-order valence-electron chi connectivity index (χ2n) is 5.11. The molecule has 2 heteroatoms. The fourth-order valence-electron chi connectivity index (χ4n) is 2.71. The van der Waals surface area contributed by atoms with Gasteiger partial charge in [0.25, 0.3) is 0 Å². The van der Waals surface area contributed by atoms with Crippen molar-refractivity contribution in [2.45, 2.75) is 44.9 Å². The number of rotatable bonds is 6. The van der Waals surface area contributed by atoms with Crippen LogP contribution in [0.5, 0.6) is 0 Å². The first-order valence-corrected chi connectivity index (χ1v) is 6.45. The number of Topliss-reactive ketones (excluding diaryl/α,β-unsaturated/α-hetero) is 2. The Morgan fingerprint density at radius 2 is 2.00 bits per heavy atom. The molecule has 0 aromatic heterocycles. The van der Waals surface area contributed by atoms with Crippen molar-refractivity contribution in [2.24, 2.45) is 11.8 Å². The molecule has 2 nitrogen and oxygen atoms in total. The lowest BCUT2D eigenvalue weighted by molar-refractivity contribution is -0.119. The molecule has 2 aliphatic rings. The van der Waals surface area contributed by atoms with E-state index in [1.54, 1.807) is 0 Å². The zero-order chi connectivity index (χ0) is 12.3. The maximum Gasteiger partial charge on any atom is 0.205 e. The van der Waals surface area contributed by atoms with Crippen LogP contribution in [0.3, 0.4) is 0 Å². The van der Waals surface area contributed by atoms with E-state index in [0.29, 0.717) is 5.92 Å². The van der Waals surface area contributed by atoms with Crippen LogP contribution in [0.4, 0.5) is 0 Å². The SMILES string of the molecule is C#CC(=O)CCC(=O)C1=CC1CC1CCCC1. The fourth-order valence-corrected chi connectivity index (χ4v) is 2.71. The minimum absolute atomic E-state index is 0.122. The number of hydrogen-bond donors (Lipinski definition) is 0. The van der Waals surface area contributed by atoms with Crippen molar-refractivity contribution < 1.29 is 9.59 Å². The summed E-state index contributed by atoms with van der Waals surface area (Å²) >= 11 is 0. The Morgan fingerprint density at radius 1 is 1.29 bits per heavy atom. The Labute approximate surface area is 102 Å². The quantitative estimate of drug-likeness (QED) is 0.519. The predicted octanol–water partition coefficient (Wildman–Crippen LogP) is 2.67. The van der Waals surface area contributed by atoms with Crippen LogP contribution in [0.25, 0.3) is 0 Å². The molecule has 1 atom stereocenters. The highest BCUT2D eigenvalue weighted by Gasteiger charge is 2.33. The monoisotopic (exact) mass is 230 g/mol. The van der Waals surface area contributed by atoms with Crippen LogP contribution in [0, 0.1) is 24.2 Å². The number of ketones is 2. The summed E-state index contributed by atoms with van der Waals surface area (Å²) in [6.07, 6.45) is 14.0. The van der Waals surface area contributed by atoms with E-state index in [-0.39, 0.29) is 24.4 Å². The lowest BCUT2D eigenvalue weighted by Gasteiger charge is -2.07. The highest BCUT2D eigenvalue weighted by Crippen LogP contribution is 2.40. The molecule has 0 amide bonds. The zero-order valence-electron chi connectivity index (χ0n) is 10.1. The van der Waals surface area contributed by atoms with Crippen LogP contribution in [0.1, 0.15) is 44.9 Å². The van der Waals surface area contributed by atoms with Gasteiger partial charge in [0.1, 0.15) is 0 Å². The van der Waals surface area contributed by atoms with Gasteiger partial charge in [-0.2, -0.15) is 0 Å². The predicted molar refractivity (Wildman–Crippen MR) is 66.2 cm³/mol. The van der Waals surface area contributed by atoms with Crippen LogP contribution in [0.2, 0.25) is 0 Å². The van der Waals surface area contributed by atoms with Gasteiger partial charge in [-0.05, 0) is 23.8 Å². The van der Waals surface area contributed by atoms with Gasteiger partial charge in [-0.25, -0.2) is 0 Å². The van der Waals surface area contributed by atoms with Crippen LogP contribution < -0.4 is 0 Å². The molecule has 1 fully saturated rings. The standard InChI is InChI=1S/C15H18O2/c1-2-13(16)7-8-15(17)14-10-12(14)9-11-5-3-4-6-11/h1,10-12H,3-9H2. The third kappa shape index (κ3) is 3.30. The molecule has 2 aliphatic carbocycles. The third-order valence-corrected chi connectivity index (χ3v) is 3.80. The summed E-state index contributed by atoms with van der Waals surface area (Å²) in [5.74, 6) is 3.11. The molecule has 0 spiro atoms. The molecule has 0 heterocycles. The minimum Gasteiger partial charge on any atom is -0.295 e.